The standard InChI is InChI=1S/C18H17BrN4OS/c19-14-4-1-5-15-16(14)21-18(25-15)22-17(24)12-3-2-10-23(11-12)13-6-8-20-9-7-13/h1,4-9,12H,2-3,10-11H2,(H,21,22,24). The molecule has 4 rings (SSSR count). The molecule has 1 aliphatic rings. The summed E-state index contributed by atoms with van der Waals surface area (Å²) in [7, 11) is 0. The van der Waals surface area contributed by atoms with Gasteiger partial charge < -0.3 is 10.2 Å². The molecule has 1 N–H and O–H groups in total. The number of rotatable bonds is 3. The number of hydrogen-bond donors (Lipinski definition) is 1. The molecule has 0 radical (unpaired) electrons. The van der Waals surface area contributed by atoms with E-state index in [0.717, 1.165) is 46.3 Å². The summed E-state index contributed by atoms with van der Waals surface area (Å²) in [5, 5.41) is 3.67. The maximum absolute atomic E-state index is 12.7. The van der Waals surface area contributed by atoms with Crippen LogP contribution in [-0.4, -0.2) is 29.0 Å². The van der Waals surface area contributed by atoms with Crippen molar-refractivity contribution in [2.24, 2.45) is 5.92 Å². The number of carbonyl (C=O) groups is 1. The molecule has 1 aliphatic heterocycles. The van der Waals surface area contributed by atoms with Crippen molar-refractivity contribution in [2.75, 3.05) is 23.3 Å². The van der Waals surface area contributed by atoms with Crippen LogP contribution in [0.3, 0.4) is 0 Å². The molecule has 0 bridgehead atoms. The highest BCUT2D eigenvalue weighted by Crippen LogP contribution is 2.31. The third-order valence-corrected chi connectivity index (χ3v) is 6.00. The fourth-order valence-corrected chi connectivity index (χ4v) is 4.64. The highest BCUT2D eigenvalue weighted by Gasteiger charge is 2.26. The average molecular weight is 417 g/mol. The Kier molecular flexibility index (Phi) is 4.67. The number of nitrogens with zero attached hydrogens (tertiary/aromatic N) is 3. The van der Waals surface area contributed by atoms with Gasteiger partial charge in [-0.25, -0.2) is 4.98 Å². The Morgan fingerprint density at radius 1 is 1.28 bits per heavy atom. The lowest BCUT2D eigenvalue weighted by atomic mass is 9.97. The van der Waals surface area contributed by atoms with Crippen molar-refractivity contribution < 1.29 is 4.79 Å². The van der Waals surface area contributed by atoms with E-state index >= 15 is 0 Å². The van der Waals surface area contributed by atoms with Crippen molar-refractivity contribution in [3.05, 3.63) is 47.2 Å². The van der Waals surface area contributed by atoms with Crippen LogP contribution < -0.4 is 10.2 Å². The van der Waals surface area contributed by atoms with Crippen LogP contribution in [0.25, 0.3) is 10.2 Å². The Bertz CT molecular complexity index is 898. The molecule has 5 nitrogen and oxygen atoms in total. The fourth-order valence-electron chi connectivity index (χ4n) is 3.16. The summed E-state index contributed by atoms with van der Waals surface area (Å²) in [4.78, 5) is 23.6. The van der Waals surface area contributed by atoms with Crippen molar-refractivity contribution in [1.82, 2.24) is 9.97 Å². The predicted molar refractivity (Wildman–Crippen MR) is 105 cm³/mol. The van der Waals surface area contributed by atoms with Gasteiger partial charge in [-0.1, -0.05) is 17.4 Å². The van der Waals surface area contributed by atoms with Crippen molar-refractivity contribution in [2.45, 2.75) is 12.8 Å². The zero-order valence-corrected chi connectivity index (χ0v) is 15.9. The van der Waals surface area contributed by atoms with Crippen LogP contribution in [0, 0.1) is 5.92 Å². The zero-order valence-electron chi connectivity index (χ0n) is 13.5. The van der Waals surface area contributed by atoms with Crippen molar-refractivity contribution in [3.8, 4) is 0 Å². The third-order valence-electron chi connectivity index (χ3n) is 4.42. The van der Waals surface area contributed by atoms with Crippen LogP contribution >= 0.6 is 27.3 Å². The number of fused-ring (bicyclic) bond motifs is 1. The van der Waals surface area contributed by atoms with Crippen LogP contribution in [0.1, 0.15) is 12.8 Å². The number of anilines is 2. The number of halogens is 1. The van der Waals surface area contributed by atoms with Gasteiger partial charge in [0.25, 0.3) is 0 Å². The molecule has 1 atom stereocenters. The summed E-state index contributed by atoms with van der Waals surface area (Å²) >= 11 is 5.01. The molecule has 2 aromatic heterocycles. The van der Waals surface area contributed by atoms with Gasteiger partial charge in [-0.3, -0.25) is 9.78 Å². The number of carbonyl (C=O) groups excluding carboxylic acids is 1. The number of piperidine rings is 1. The molecule has 0 saturated carbocycles. The van der Waals surface area contributed by atoms with Gasteiger partial charge in [0.05, 0.1) is 16.1 Å². The summed E-state index contributed by atoms with van der Waals surface area (Å²) in [5.41, 5.74) is 2.02. The highest BCUT2D eigenvalue weighted by atomic mass is 79.9. The lowest BCUT2D eigenvalue weighted by molar-refractivity contribution is -0.120. The molecule has 25 heavy (non-hydrogen) atoms. The third kappa shape index (κ3) is 3.52. The summed E-state index contributed by atoms with van der Waals surface area (Å²) < 4.78 is 2.01. The number of para-hydroxylation sites is 1. The number of aromatic nitrogens is 2. The molecular weight excluding hydrogens is 400 g/mol. The van der Waals surface area contributed by atoms with Gasteiger partial charge in [-0.15, -0.1) is 0 Å². The Labute approximate surface area is 158 Å². The number of pyridine rings is 1. The van der Waals surface area contributed by atoms with E-state index in [1.54, 1.807) is 12.4 Å². The van der Waals surface area contributed by atoms with Crippen LogP contribution in [0.15, 0.2) is 47.2 Å². The molecule has 0 aliphatic carbocycles. The van der Waals surface area contributed by atoms with Gasteiger partial charge in [0.1, 0.15) is 0 Å². The molecule has 128 valence electrons. The maximum Gasteiger partial charge on any atom is 0.231 e. The minimum Gasteiger partial charge on any atom is -0.371 e. The number of thiazole rings is 1. The van der Waals surface area contributed by atoms with E-state index in [1.807, 2.05) is 30.3 Å². The number of hydrogen-bond acceptors (Lipinski definition) is 5. The topological polar surface area (TPSA) is 58.1 Å². The van der Waals surface area contributed by atoms with E-state index in [4.69, 9.17) is 0 Å². The molecule has 7 heteroatoms. The fraction of sp³-hybridized carbons (Fsp3) is 0.278. The maximum atomic E-state index is 12.7. The molecule has 1 saturated heterocycles. The SMILES string of the molecule is O=C(Nc1nc2c(Br)cccc2s1)C1CCCN(c2ccncc2)C1. The van der Waals surface area contributed by atoms with Crippen LogP contribution in [0.2, 0.25) is 0 Å². The largest absolute Gasteiger partial charge is 0.371 e. The van der Waals surface area contributed by atoms with Gasteiger partial charge in [0.15, 0.2) is 5.13 Å². The molecule has 3 aromatic rings. The Hall–Kier alpha value is -1.99. The van der Waals surface area contributed by atoms with Gasteiger partial charge in [0.2, 0.25) is 5.91 Å². The number of nitrogens with one attached hydrogen (secondary N) is 1. The first-order valence-corrected chi connectivity index (χ1v) is 9.82. The smallest absolute Gasteiger partial charge is 0.231 e. The van der Waals surface area contributed by atoms with E-state index in [0.29, 0.717) is 5.13 Å². The number of amides is 1. The highest BCUT2D eigenvalue weighted by molar-refractivity contribution is 9.10. The molecular formula is C18H17BrN4OS. The van der Waals surface area contributed by atoms with E-state index in [1.165, 1.54) is 11.3 Å². The van der Waals surface area contributed by atoms with E-state index < -0.39 is 0 Å². The van der Waals surface area contributed by atoms with Crippen molar-refractivity contribution >= 4 is 54.2 Å². The molecule has 1 fully saturated rings. The monoisotopic (exact) mass is 416 g/mol. The van der Waals surface area contributed by atoms with Crippen LogP contribution in [0.5, 0.6) is 0 Å². The Morgan fingerprint density at radius 3 is 2.92 bits per heavy atom. The van der Waals surface area contributed by atoms with E-state index in [2.05, 4.69) is 36.1 Å². The van der Waals surface area contributed by atoms with Crippen LogP contribution in [-0.2, 0) is 4.79 Å². The van der Waals surface area contributed by atoms with Gasteiger partial charge >= 0.3 is 0 Å². The Balaban J connectivity index is 1.47. The molecule has 1 amide bonds. The predicted octanol–water partition coefficient (Wildman–Crippen LogP) is 4.31. The summed E-state index contributed by atoms with van der Waals surface area (Å²) in [6.07, 6.45) is 5.49. The second-order valence-electron chi connectivity index (χ2n) is 6.09. The summed E-state index contributed by atoms with van der Waals surface area (Å²) in [6, 6.07) is 9.93. The van der Waals surface area contributed by atoms with Gasteiger partial charge in [0, 0.05) is 35.6 Å². The Morgan fingerprint density at radius 2 is 2.12 bits per heavy atom. The molecule has 0 spiro atoms. The summed E-state index contributed by atoms with van der Waals surface area (Å²) in [6.45, 7) is 1.70. The molecule has 1 aromatic carbocycles. The molecule has 1 unspecified atom stereocenters. The average Bonchev–Trinajstić information content (AvgIpc) is 3.06. The number of benzene rings is 1. The summed E-state index contributed by atoms with van der Waals surface area (Å²) in [5.74, 6) is 0.0197. The minimum atomic E-state index is -0.0302. The second-order valence-corrected chi connectivity index (χ2v) is 7.97. The van der Waals surface area contributed by atoms with E-state index in [-0.39, 0.29) is 11.8 Å². The van der Waals surface area contributed by atoms with E-state index in [9.17, 15) is 4.79 Å². The normalized spacial score (nSPS) is 17.6. The van der Waals surface area contributed by atoms with Gasteiger partial charge in [-0.2, -0.15) is 0 Å². The minimum absolute atomic E-state index is 0.0302. The lowest BCUT2D eigenvalue weighted by Gasteiger charge is -2.33. The second kappa shape index (κ2) is 7.09. The molecule has 3 heterocycles. The van der Waals surface area contributed by atoms with Crippen molar-refractivity contribution in [3.63, 3.8) is 0 Å². The van der Waals surface area contributed by atoms with Crippen LogP contribution in [0.4, 0.5) is 10.8 Å². The first kappa shape index (κ1) is 16.5. The van der Waals surface area contributed by atoms with Gasteiger partial charge in [-0.05, 0) is 53.0 Å². The lowest BCUT2D eigenvalue weighted by Crippen LogP contribution is -2.40. The quantitative estimate of drug-likeness (QED) is 0.690. The zero-order chi connectivity index (χ0) is 17.2. The first-order valence-electron chi connectivity index (χ1n) is 8.21. The first-order chi connectivity index (χ1) is 12.2. The van der Waals surface area contributed by atoms with Crippen molar-refractivity contribution in [1.29, 1.82) is 0 Å².